The van der Waals surface area contributed by atoms with Gasteiger partial charge in [-0.3, -0.25) is 0 Å². The molecule has 0 radical (unpaired) electrons. The standard InChI is InChI=1S/C14H22N2O/c15-11-13-3-5-14(6-4-13)12-17-10-9-16-7-1-2-8-16/h3-6H,1-2,7-12,15H2. The molecular formula is C14H22N2O. The van der Waals surface area contributed by atoms with Crippen molar-refractivity contribution in [2.75, 3.05) is 26.2 Å². The van der Waals surface area contributed by atoms with Gasteiger partial charge in [-0.1, -0.05) is 24.3 Å². The summed E-state index contributed by atoms with van der Waals surface area (Å²) in [6, 6.07) is 8.33. The van der Waals surface area contributed by atoms with Crippen LogP contribution in [0.3, 0.4) is 0 Å². The Balaban J connectivity index is 1.63. The summed E-state index contributed by atoms with van der Waals surface area (Å²) in [4.78, 5) is 2.47. The van der Waals surface area contributed by atoms with Crippen LogP contribution >= 0.6 is 0 Å². The number of ether oxygens (including phenoxy) is 1. The minimum atomic E-state index is 0.607. The molecule has 2 rings (SSSR count). The van der Waals surface area contributed by atoms with Crippen molar-refractivity contribution in [1.82, 2.24) is 4.90 Å². The molecule has 0 aliphatic carbocycles. The molecule has 1 aromatic carbocycles. The molecule has 1 heterocycles. The zero-order valence-corrected chi connectivity index (χ0v) is 10.4. The molecule has 17 heavy (non-hydrogen) atoms. The Kier molecular flexibility index (Phi) is 4.98. The van der Waals surface area contributed by atoms with Crippen LogP contribution in [0.2, 0.25) is 0 Å². The Morgan fingerprint density at radius 3 is 2.35 bits per heavy atom. The SMILES string of the molecule is NCc1ccc(COCCN2CCCC2)cc1. The summed E-state index contributed by atoms with van der Waals surface area (Å²) in [5.41, 5.74) is 7.95. The molecule has 1 aromatic rings. The highest BCUT2D eigenvalue weighted by molar-refractivity contribution is 5.21. The maximum absolute atomic E-state index is 5.68. The molecule has 0 bridgehead atoms. The van der Waals surface area contributed by atoms with Crippen molar-refractivity contribution in [3.8, 4) is 0 Å². The van der Waals surface area contributed by atoms with Crippen LogP contribution in [0.25, 0.3) is 0 Å². The third kappa shape index (κ3) is 4.11. The van der Waals surface area contributed by atoms with Gasteiger partial charge >= 0.3 is 0 Å². The van der Waals surface area contributed by atoms with E-state index in [9.17, 15) is 0 Å². The lowest BCUT2D eigenvalue weighted by Crippen LogP contribution is -2.23. The van der Waals surface area contributed by atoms with E-state index in [4.69, 9.17) is 10.5 Å². The predicted molar refractivity (Wildman–Crippen MR) is 69.7 cm³/mol. The molecule has 2 N–H and O–H groups in total. The van der Waals surface area contributed by atoms with Crippen LogP contribution in [0.5, 0.6) is 0 Å². The Labute approximate surface area is 104 Å². The van der Waals surface area contributed by atoms with Gasteiger partial charge in [-0.25, -0.2) is 0 Å². The molecule has 1 fully saturated rings. The van der Waals surface area contributed by atoms with Crippen molar-refractivity contribution < 1.29 is 4.74 Å². The fourth-order valence-corrected chi connectivity index (χ4v) is 2.16. The molecule has 1 aliphatic rings. The number of hydrogen-bond acceptors (Lipinski definition) is 3. The Bertz CT molecular complexity index is 317. The average Bonchev–Trinajstić information content (AvgIpc) is 2.88. The Morgan fingerprint density at radius 2 is 1.71 bits per heavy atom. The van der Waals surface area contributed by atoms with E-state index in [0.717, 1.165) is 13.2 Å². The molecule has 1 saturated heterocycles. The van der Waals surface area contributed by atoms with Gasteiger partial charge < -0.3 is 15.4 Å². The van der Waals surface area contributed by atoms with Gasteiger partial charge in [0.15, 0.2) is 0 Å². The molecule has 3 nitrogen and oxygen atoms in total. The summed E-state index contributed by atoms with van der Waals surface area (Å²) < 4.78 is 5.68. The maximum atomic E-state index is 5.68. The molecule has 94 valence electrons. The van der Waals surface area contributed by atoms with Gasteiger partial charge in [0.1, 0.15) is 0 Å². The number of likely N-dealkylation sites (tertiary alicyclic amines) is 1. The van der Waals surface area contributed by atoms with Crippen LogP contribution < -0.4 is 5.73 Å². The first-order valence-electron chi connectivity index (χ1n) is 6.46. The van der Waals surface area contributed by atoms with E-state index in [1.165, 1.54) is 37.1 Å². The first-order valence-corrected chi connectivity index (χ1v) is 6.46. The predicted octanol–water partition coefficient (Wildman–Crippen LogP) is 1.76. The van der Waals surface area contributed by atoms with Crippen LogP contribution in [0.1, 0.15) is 24.0 Å². The zero-order chi connectivity index (χ0) is 11.9. The molecule has 0 amide bonds. The Hall–Kier alpha value is -0.900. The lowest BCUT2D eigenvalue weighted by Gasteiger charge is -2.14. The Morgan fingerprint density at radius 1 is 1.06 bits per heavy atom. The zero-order valence-electron chi connectivity index (χ0n) is 10.4. The molecule has 3 heteroatoms. The van der Waals surface area contributed by atoms with Gasteiger partial charge in [-0.05, 0) is 37.1 Å². The fraction of sp³-hybridized carbons (Fsp3) is 0.571. The summed E-state index contributed by atoms with van der Waals surface area (Å²) in [5.74, 6) is 0. The van der Waals surface area contributed by atoms with Gasteiger partial charge in [0.25, 0.3) is 0 Å². The topological polar surface area (TPSA) is 38.5 Å². The van der Waals surface area contributed by atoms with Crippen LogP contribution in [0.15, 0.2) is 24.3 Å². The minimum Gasteiger partial charge on any atom is -0.375 e. The third-order valence-corrected chi connectivity index (χ3v) is 3.28. The second kappa shape index (κ2) is 6.74. The van der Waals surface area contributed by atoms with Crippen LogP contribution in [0, 0.1) is 0 Å². The van der Waals surface area contributed by atoms with Crippen molar-refractivity contribution in [2.45, 2.75) is 26.0 Å². The average molecular weight is 234 g/mol. The van der Waals surface area contributed by atoms with E-state index >= 15 is 0 Å². The highest BCUT2D eigenvalue weighted by Crippen LogP contribution is 2.07. The molecule has 0 atom stereocenters. The maximum Gasteiger partial charge on any atom is 0.0717 e. The third-order valence-electron chi connectivity index (χ3n) is 3.28. The second-order valence-electron chi connectivity index (χ2n) is 4.62. The van der Waals surface area contributed by atoms with Crippen LogP contribution in [-0.2, 0) is 17.9 Å². The van der Waals surface area contributed by atoms with E-state index in [1.54, 1.807) is 0 Å². The van der Waals surface area contributed by atoms with Crippen molar-refractivity contribution in [3.05, 3.63) is 35.4 Å². The summed E-state index contributed by atoms with van der Waals surface area (Å²) >= 11 is 0. The monoisotopic (exact) mass is 234 g/mol. The number of rotatable bonds is 6. The number of hydrogen-bond donors (Lipinski definition) is 1. The normalized spacial score (nSPS) is 16.5. The van der Waals surface area contributed by atoms with Gasteiger partial charge in [0, 0.05) is 13.1 Å². The van der Waals surface area contributed by atoms with E-state index < -0.39 is 0 Å². The molecule has 0 saturated carbocycles. The number of nitrogens with zero attached hydrogens (tertiary/aromatic N) is 1. The summed E-state index contributed by atoms with van der Waals surface area (Å²) in [6.45, 7) is 5.71. The van der Waals surface area contributed by atoms with E-state index in [0.29, 0.717) is 13.2 Å². The van der Waals surface area contributed by atoms with Crippen molar-refractivity contribution in [2.24, 2.45) is 5.73 Å². The summed E-state index contributed by atoms with van der Waals surface area (Å²) in [7, 11) is 0. The van der Waals surface area contributed by atoms with Gasteiger partial charge in [0.05, 0.1) is 13.2 Å². The van der Waals surface area contributed by atoms with Crippen LogP contribution in [-0.4, -0.2) is 31.1 Å². The van der Waals surface area contributed by atoms with Crippen molar-refractivity contribution in [3.63, 3.8) is 0 Å². The van der Waals surface area contributed by atoms with Crippen molar-refractivity contribution >= 4 is 0 Å². The molecule has 0 spiro atoms. The van der Waals surface area contributed by atoms with E-state index in [-0.39, 0.29) is 0 Å². The minimum absolute atomic E-state index is 0.607. The van der Waals surface area contributed by atoms with Gasteiger partial charge in [-0.15, -0.1) is 0 Å². The quantitative estimate of drug-likeness (QED) is 0.762. The van der Waals surface area contributed by atoms with Crippen LogP contribution in [0.4, 0.5) is 0 Å². The lowest BCUT2D eigenvalue weighted by atomic mass is 10.1. The first-order chi connectivity index (χ1) is 8.38. The fourth-order valence-electron chi connectivity index (χ4n) is 2.16. The van der Waals surface area contributed by atoms with E-state index in [2.05, 4.69) is 29.2 Å². The smallest absolute Gasteiger partial charge is 0.0717 e. The molecule has 0 aromatic heterocycles. The second-order valence-corrected chi connectivity index (χ2v) is 4.62. The largest absolute Gasteiger partial charge is 0.375 e. The summed E-state index contributed by atoms with van der Waals surface area (Å²) in [6.07, 6.45) is 2.70. The summed E-state index contributed by atoms with van der Waals surface area (Å²) in [5, 5.41) is 0. The number of benzene rings is 1. The molecule has 1 aliphatic heterocycles. The van der Waals surface area contributed by atoms with Gasteiger partial charge in [-0.2, -0.15) is 0 Å². The van der Waals surface area contributed by atoms with Gasteiger partial charge in [0.2, 0.25) is 0 Å². The highest BCUT2D eigenvalue weighted by Gasteiger charge is 2.10. The highest BCUT2D eigenvalue weighted by atomic mass is 16.5. The lowest BCUT2D eigenvalue weighted by molar-refractivity contribution is 0.0992. The number of nitrogens with two attached hydrogens (primary N) is 1. The molecule has 0 unspecified atom stereocenters. The van der Waals surface area contributed by atoms with E-state index in [1.807, 2.05) is 0 Å². The molecular weight excluding hydrogens is 212 g/mol. The first kappa shape index (κ1) is 12.6. The van der Waals surface area contributed by atoms with Crippen molar-refractivity contribution in [1.29, 1.82) is 0 Å².